The van der Waals surface area contributed by atoms with Crippen molar-refractivity contribution in [3.05, 3.63) is 53.1 Å². The fraction of sp³-hybridized carbons (Fsp3) is 0.520. The van der Waals surface area contributed by atoms with Gasteiger partial charge < -0.3 is 14.6 Å². The second-order valence-corrected chi connectivity index (χ2v) is 9.34. The first-order chi connectivity index (χ1) is 14.2. The normalized spacial score (nSPS) is 28.9. The molecular formula is C25H30ClNO3. The minimum Gasteiger partial charge on any atom is -0.508 e. The summed E-state index contributed by atoms with van der Waals surface area (Å²) in [5, 5.41) is 10.2. The standard InChI is InChI=1S/C25H29NO3.ClH/c27-19-6-5-18-14-22-20-3-1-2-9-25(20,21(18)15-19)10-12-26(22)11-8-17-4-7-23-24(13-17)29-16-28-23;/h4-7,13,15,20,22,27H,1-3,8-12,14,16H2;1H/t20-,22+,25+;/m0./s1. The molecule has 2 heterocycles. The Balaban J connectivity index is 0.00000193. The summed E-state index contributed by atoms with van der Waals surface area (Å²) >= 11 is 0. The Labute approximate surface area is 184 Å². The third kappa shape index (κ3) is 3.07. The molecule has 0 spiro atoms. The molecule has 0 aromatic heterocycles. The average Bonchev–Trinajstić information content (AvgIpc) is 3.21. The number of phenols is 1. The van der Waals surface area contributed by atoms with Crippen molar-refractivity contribution in [2.24, 2.45) is 5.92 Å². The maximum Gasteiger partial charge on any atom is 0.231 e. The number of phenolic OH excluding ortho intramolecular Hbond substituents is 1. The van der Waals surface area contributed by atoms with Crippen LogP contribution in [-0.4, -0.2) is 35.9 Å². The third-order valence-corrected chi connectivity index (χ3v) is 8.06. The van der Waals surface area contributed by atoms with Crippen molar-refractivity contribution < 1.29 is 14.6 Å². The van der Waals surface area contributed by atoms with Gasteiger partial charge >= 0.3 is 0 Å². The molecule has 1 saturated carbocycles. The van der Waals surface area contributed by atoms with Gasteiger partial charge in [0.15, 0.2) is 11.5 Å². The van der Waals surface area contributed by atoms with Crippen LogP contribution in [0.5, 0.6) is 17.2 Å². The molecule has 2 aliphatic heterocycles. The number of aromatic hydroxyl groups is 1. The summed E-state index contributed by atoms with van der Waals surface area (Å²) in [6.07, 6.45) is 8.72. The van der Waals surface area contributed by atoms with Gasteiger partial charge in [-0.2, -0.15) is 0 Å². The topological polar surface area (TPSA) is 41.9 Å². The van der Waals surface area contributed by atoms with Gasteiger partial charge in [0, 0.05) is 18.0 Å². The Kier molecular flexibility index (Phi) is 5.11. The van der Waals surface area contributed by atoms with Crippen LogP contribution >= 0.6 is 12.4 Å². The predicted octanol–water partition coefficient (Wildman–Crippen LogP) is 4.84. The van der Waals surface area contributed by atoms with E-state index in [0.29, 0.717) is 24.0 Å². The molecule has 5 heteroatoms. The second kappa shape index (κ2) is 7.65. The zero-order valence-electron chi connectivity index (χ0n) is 17.3. The van der Waals surface area contributed by atoms with Crippen LogP contribution in [0.2, 0.25) is 0 Å². The number of hydrogen-bond acceptors (Lipinski definition) is 4. The van der Waals surface area contributed by atoms with E-state index in [9.17, 15) is 5.11 Å². The highest BCUT2D eigenvalue weighted by molar-refractivity contribution is 5.85. The third-order valence-electron chi connectivity index (χ3n) is 8.06. The first-order valence-corrected chi connectivity index (χ1v) is 11.2. The van der Waals surface area contributed by atoms with Gasteiger partial charge in [0.05, 0.1) is 0 Å². The van der Waals surface area contributed by atoms with E-state index in [1.807, 2.05) is 12.1 Å². The SMILES string of the molecule is Cl.Oc1ccc2c(c1)[C@@]13CCCC[C@H]1[C@@H](C2)N(CCc1ccc2c(c1)OCO2)CC3. The number of hydrogen-bond donors (Lipinski definition) is 1. The smallest absolute Gasteiger partial charge is 0.231 e. The van der Waals surface area contributed by atoms with Crippen LogP contribution in [0.25, 0.3) is 0 Å². The molecule has 0 unspecified atom stereocenters. The predicted molar refractivity (Wildman–Crippen MR) is 119 cm³/mol. The number of halogens is 1. The Bertz CT molecular complexity index is 948. The number of piperidine rings is 1. The first-order valence-electron chi connectivity index (χ1n) is 11.2. The lowest BCUT2D eigenvalue weighted by atomic mass is 9.52. The molecule has 4 aliphatic rings. The maximum atomic E-state index is 10.2. The molecule has 2 aromatic rings. The molecule has 0 amide bonds. The van der Waals surface area contributed by atoms with Gasteiger partial charge in [-0.1, -0.05) is 25.0 Å². The summed E-state index contributed by atoms with van der Waals surface area (Å²) in [5.41, 5.74) is 4.56. The number of nitrogens with zero attached hydrogens (tertiary/aromatic N) is 1. The van der Waals surface area contributed by atoms with Crippen molar-refractivity contribution in [1.29, 1.82) is 0 Å². The van der Waals surface area contributed by atoms with Gasteiger partial charge in [0.1, 0.15) is 5.75 Å². The van der Waals surface area contributed by atoms with E-state index in [1.54, 1.807) is 0 Å². The molecule has 30 heavy (non-hydrogen) atoms. The highest BCUT2D eigenvalue weighted by atomic mass is 35.5. The molecule has 6 rings (SSSR count). The zero-order valence-corrected chi connectivity index (χ0v) is 18.1. The lowest BCUT2D eigenvalue weighted by molar-refractivity contribution is -0.0106. The Morgan fingerprint density at radius 2 is 1.93 bits per heavy atom. The minimum atomic E-state index is 0. The van der Waals surface area contributed by atoms with Crippen LogP contribution in [0.1, 0.15) is 48.8 Å². The van der Waals surface area contributed by atoms with Crippen LogP contribution in [0.3, 0.4) is 0 Å². The Morgan fingerprint density at radius 1 is 1.03 bits per heavy atom. The van der Waals surface area contributed by atoms with Crippen molar-refractivity contribution >= 4 is 12.4 Å². The molecule has 1 N–H and O–H groups in total. The number of benzene rings is 2. The van der Waals surface area contributed by atoms with Crippen molar-refractivity contribution in [1.82, 2.24) is 4.90 Å². The quantitative estimate of drug-likeness (QED) is 0.760. The fourth-order valence-electron chi connectivity index (χ4n) is 6.72. The molecule has 2 fully saturated rings. The summed E-state index contributed by atoms with van der Waals surface area (Å²) in [7, 11) is 0. The van der Waals surface area contributed by atoms with Crippen molar-refractivity contribution in [3.8, 4) is 17.2 Å². The summed E-state index contributed by atoms with van der Waals surface area (Å²) in [6, 6.07) is 13.2. The lowest BCUT2D eigenvalue weighted by Crippen LogP contribution is -2.61. The molecular weight excluding hydrogens is 398 g/mol. The highest BCUT2D eigenvalue weighted by Gasteiger charge is 2.53. The van der Waals surface area contributed by atoms with Crippen LogP contribution < -0.4 is 9.47 Å². The number of rotatable bonds is 3. The van der Waals surface area contributed by atoms with E-state index < -0.39 is 0 Å². The van der Waals surface area contributed by atoms with E-state index in [-0.39, 0.29) is 12.4 Å². The van der Waals surface area contributed by atoms with E-state index >= 15 is 0 Å². The van der Waals surface area contributed by atoms with Crippen molar-refractivity contribution in [3.63, 3.8) is 0 Å². The van der Waals surface area contributed by atoms with Crippen molar-refractivity contribution in [2.45, 2.75) is 56.4 Å². The summed E-state index contributed by atoms with van der Waals surface area (Å²) in [6.45, 7) is 2.61. The van der Waals surface area contributed by atoms with Crippen LogP contribution in [0.4, 0.5) is 0 Å². The largest absolute Gasteiger partial charge is 0.508 e. The van der Waals surface area contributed by atoms with Gasteiger partial charge in [0.25, 0.3) is 0 Å². The van der Waals surface area contributed by atoms with Crippen LogP contribution in [0, 0.1) is 5.92 Å². The van der Waals surface area contributed by atoms with Crippen LogP contribution in [-0.2, 0) is 18.3 Å². The van der Waals surface area contributed by atoms with E-state index in [0.717, 1.165) is 36.8 Å². The summed E-state index contributed by atoms with van der Waals surface area (Å²) in [4.78, 5) is 2.76. The zero-order chi connectivity index (χ0) is 19.4. The summed E-state index contributed by atoms with van der Waals surface area (Å²) in [5.74, 6) is 2.92. The average molecular weight is 428 g/mol. The van der Waals surface area contributed by atoms with Gasteiger partial charge in [-0.25, -0.2) is 0 Å². The molecule has 3 atom stereocenters. The molecule has 0 radical (unpaired) electrons. The van der Waals surface area contributed by atoms with E-state index in [1.165, 1.54) is 55.3 Å². The number of fused-ring (bicyclic) bond motifs is 2. The molecule has 1 saturated heterocycles. The molecule has 2 aromatic carbocycles. The highest BCUT2D eigenvalue weighted by Crippen LogP contribution is 2.56. The Morgan fingerprint density at radius 3 is 2.87 bits per heavy atom. The van der Waals surface area contributed by atoms with Gasteiger partial charge in [-0.3, -0.25) is 4.90 Å². The van der Waals surface area contributed by atoms with E-state index in [4.69, 9.17) is 9.47 Å². The first kappa shape index (κ1) is 20.0. The second-order valence-electron chi connectivity index (χ2n) is 9.34. The fourth-order valence-corrected chi connectivity index (χ4v) is 6.72. The minimum absolute atomic E-state index is 0. The van der Waals surface area contributed by atoms with Gasteiger partial charge in [-0.05, 0) is 85.5 Å². The summed E-state index contributed by atoms with van der Waals surface area (Å²) < 4.78 is 11.0. The monoisotopic (exact) mass is 427 g/mol. The lowest BCUT2D eigenvalue weighted by Gasteiger charge is -2.59. The molecule has 2 bridgehead atoms. The van der Waals surface area contributed by atoms with Crippen LogP contribution in [0.15, 0.2) is 36.4 Å². The molecule has 160 valence electrons. The van der Waals surface area contributed by atoms with Gasteiger partial charge in [-0.15, -0.1) is 12.4 Å². The molecule has 2 aliphatic carbocycles. The maximum absolute atomic E-state index is 10.2. The number of likely N-dealkylation sites (tertiary alicyclic amines) is 1. The van der Waals surface area contributed by atoms with E-state index in [2.05, 4.69) is 29.2 Å². The van der Waals surface area contributed by atoms with Gasteiger partial charge in [0.2, 0.25) is 6.79 Å². The van der Waals surface area contributed by atoms with Crippen molar-refractivity contribution in [2.75, 3.05) is 19.9 Å². The molecule has 4 nitrogen and oxygen atoms in total. The Hall–Kier alpha value is -1.91. The number of ether oxygens (including phenoxy) is 2.